The Morgan fingerprint density at radius 1 is 1.21 bits per heavy atom. The zero-order valence-corrected chi connectivity index (χ0v) is 13.8. The Hall–Kier alpha value is -2.63. The van der Waals surface area contributed by atoms with Crippen LogP contribution in [0.5, 0.6) is 5.88 Å². The third kappa shape index (κ3) is 2.91. The number of hydrogen-bond acceptors (Lipinski definition) is 5. The Balaban J connectivity index is 1.48. The van der Waals surface area contributed by atoms with E-state index < -0.39 is 0 Å². The van der Waals surface area contributed by atoms with Crippen LogP contribution in [0.25, 0.3) is 11.0 Å². The molecule has 1 aliphatic heterocycles. The summed E-state index contributed by atoms with van der Waals surface area (Å²) in [4.78, 5) is 15.5. The summed E-state index contributed by atoms with van der Waals surface area (Å²) in [5.41, 5.74) is 0.979. The average Bonchev–Trinajstić information content (AvgIpc) is 3.02. The highest BCUT2D eigenvalue weighted by molar-refractivity contribution is 5.87. The second kappa shape index (κ2) is 6.47. The molecule has 4 rings (SSSR count). The lowest BCUT2D eigenvalue weighted by molar-refractivity contribution is 0.221. The van der Waals surface area contributed by atoms with Gasteiger partial charge in [0.15, 0.2) is 0 Å². The zero-order valence-electron chi connectivity index (χ0n) is 13.8. The standard InChI is InChI=1S/C18H21N5O/c1-22-10-7-15-17(22)20-13-21-18(15)23-9-4-5-14(11-23)12-24-16-6-2-3-8-19-16/h2-3,6-8,10,13-14H,4-5,9,11-12H2,1H3. The van der Waals surface area contributed by atoms with Gasteiger partial charge in [-0.05, 0) is 25.0 Å². The van der Waals surface area contributed by atoms with Crippen LogP contribution >= 0.6 is 0 Å². The number of nitrogens with zero attached hydrogens (tertiary/aromatic N) is 5. The van der Waals surface area contributed by atoms with Gasteiger partial charge in [-0.15, -0.1) is 0 Å². The first-order valence-electron chi connectivity index (χ1n) is 8.36. The van der Waals surface area contributed by atoms with Gasteiger partial charge in [0.2, 0.25) is 5.88 Å². The van der Waals surface area contributed by atoms with Crippen LogP contribution in [0.3, 0.4) is 0 Å². The second-order valence-electron chi connectivity index (χ2n) is 6.29. The summed E-state index contributed by atoms with van der Waals surface area (Å²) in [6.45, 7) is 2.67. The molecule has 0 bridgehead atoms. The van der Waals surface area contributed by atoms with E-state index in [1.165, 1.54) is 6.42 Å². The van der Waals surface area contributed by atoms with Crippen LogP contribution in [-0.2, 0) is 7.05 Å². The van der Waals surface area contributed by atoms with E-state index in [4.69, 9.17) is 4.74 Å². The van der Waals surface area contributed by atoms with E-state index >= 15 is 0 Å². The topological polar surface area (TPSA) is 56.1 Å². The van der Waals surface area contributed by atoms with Gasteiger partial charge in [0.1, 0.15) is 17.8 Å². The smallest absolute Gasteiger partial charge is 0.213 e. The Morgan fingerprint density at radius 2 is 2.17 bits per heavy atom. The third-order valence-electron chi connectivity index (χ3n) is 4.56. The summed E-state index contributed by atoms with van der Waals surface area (Å²) in [6, 6.07) is 7.84. The molecule has 4 heterocycles. The van der Waals surface area contributed by atoms with Crippen molar-refractivity contribution in [1.29, 1.82) is 0 Å². The molecule has 0 spiro atoms. The Kier molecular flexibility index (Phi) is 4.02. The van der Waals surface area contributed by atoms with Crippen LogP contribution in [0.4, 0.5) is 5.82 Å². The van der Waals surface area contributed by atoms with E-state index in [1.54, 1.807) is 12.5 Å². The molecule has 3 aromatic rings. The van der Waals surface area contributed by atoms with Crippen molar-refractivity contribution in [2.24, 2.45) is 13.0 Å². The Morgan fingerprint density at radius 3 is 3.04 bits per heavy atom. The molecule has 1 fully saturated rings. The van der Waals surface area contributed by atoms with Gasteiger partial charge in [0.05, 0.1) is 12.0 Å². The normalized spacial score (nSPS) is 18.0. The highest BCUT2D eigenvalue weighted by Crippen LogP contribution is 2.28. The molecule has 6 nitrogen and oxygen atoms in total. The number of aromatic nitrogens is 4. The summed E-state index contributed by atoms with van der Waals surface area (Å²) in [7, 11) is 2.01. The molecule has 124 valence electrons. The van der Waals surface area contributed by atoms with E-state index in [2.05, 4.69) is 25.9 Å². The van der Waals surface area contributed by atoms with Crippen LogP contribution in [0.2, 0.25) is 0 Å². The third-order valence-corrected chi connectivity index (χ3v) is 4.56. The first-order chi connectivity index (χ1) is 11.8. The molecule has 0 aliphatic carbocycles. The van der Waals surface area contributed by atoms with Crippen LogP contribution in [-0.4, -0.2) is 39.2 Å². The van der Waals surface area contributed by atoms with Gasteiger partial charge in [-0.2, -0.15) is 0 Å². The van der Waals surface area contributed by atoms with Crippen LogP contribution in [0.15, 0.2) is 43.0 Å². The predicted octanol–water partition coefficient (Wildman–Crippen LogP) is 2.66. The Bertz CT molecular complexity index is 817. The van der Waals surface area contributed by atoms with Crippen molar-refractivity contribution < 1.29 is 4.74 Å². The summed E-state index contributed by atoms with van der Waals surface area (Å²) in [5, 5.41) is 1.12. The van der Waals surface area contributed by atoms with Gasteiger partial charge in [-0.25, -0.2) is 15.0 Å². The van der Waals surface area contributed by atoms with Crippen LogP contribution in [0.1, 0.15) is 12.8 Å². The number of ether oxygens (including phenoxy) is 1. The molecule has 1 aliphatic rings. The number of pyridine rings is 1. The Labute approximate surface area is 141 Å². The van der Waals surface area contributed by atoms with Crippen molar-refractivity contribution in [2.75, 3.05) is 24.6 Å². The summed E-state index contributed by atoms with van der Waals surface area (Å²) < 4.78 is 7.88. The molecule has 1 atom stereocenters. The lowest BCUT2D eigenvalue weighted by Gasteiger charge is -2.33. The van der Waals surface area contributed by atoms with Gasteiger partial charge in [-0.3, -0.25) is 0 Å². The molecule has 6 heteroatoms. The molecule has 0 amide bonds. The summed E-state index contributed by atoms with van der Waals surface area (Å²) >= 11 is 0. The minimum Gasteiger partial charge on any atom is -0.477 e. The fourth-order valence-electron chi connectivity index (χ4n) is 3.35. The number of anilines is 1. The van der Waals surface area contributed by atoms with Crippen LogP contribution < -0.4 is 9.64 Å². The molecule has 0 N–H and O–H groups in total. The molecule has 0 saturated carbocycles. The summed E-state index contributed by atoms with van der Waals surface area (Å²) in [5.74, 6) is 2.21. The molecule has 0 radical (unpaired) electrons. The van der Waals surface area contributed by atoms with Crippen molar-refractivity contribution in [1.82, 2.24) is 19.5 Å². The van der Waals surface area contributed by atoms with E-state index in [1.807, 2.05) is 36.0 Å². The fraction of sp³-hybridized carbons (Fsp3) is 0.389. The minimum atomic E-state index is 0.481. The number of piperidine rings is 1. The molecule has 1 saturated heterocycles. The number of rotatable bonds is 4. The van der Waals surface area contributed by atoms with Gasteiger partial charge in [-0.1, -0.05) is 6.07 Å². The van der Waals surface area contributed by atoms with E-state index in [0.29, 0.717) is 18.4 Å². The van der Waals surface area contributed by atoms with Crippen molar-refractivity contribution in [3.8, 4) is 5.88 Å². The van der Waals surface area contributed by atoms with Crippen molar-refractivity contribution in [3.05, 3.63) is 43.0 Å². The van der Waals surface area contributed by atoms with Gasteiger partial charge >= 0.3 is 0 Å². The second-order valence-corrected chi connectivity index (χ2v) is 6.29. The average molecular weight is 323 g/mol. The first-order valence-corrected chi connectivity index (χ1v) is 8.36. The van der Waals surface area contributed by atoms with Crippen molar-refractivity contribution in [3.63, 3.8) is 0 Å². The summed E-state index contributed by atoms with van der Waals surface area (Å²) in [6.07, 6.45) is 7.77. The maximum absolute atomic E-state index is 5.85. The molecular formula is C18H21N5O. The maximum Gasteiger partial charge on any atom is 0.213 e. The fourth-order valence-corrected chi connectivity index (χ4v) is 3.35. The van der Waals surface area contributed by atoms with Gasteiger partial charge in [0, 0.05) is 44.5 Å². The lowest BCUT2D eigenvalue weighted by Crippen LogP contribution is -2.38. The minimum absolute atomic E-state index is 0.481. The quantitative estimate of drug-likeness (QED) is 0.739. The van der Waals surface area contributed by atoms with E-state index in [-0.39, 0.29) is 0 Å². The van der Waals surface area contributed by atoms with Gasteiger partial charge in [0.25, 0.3) is 0 Å². The van der Waals surface area contributed by atoms with Crippen LogP contribution in [0, 0.1) is 5.92 Å². The van der Waals surface area contributed by atoms with E-state index in [9.17, 15) is 0 Å². The van der Waals surface area contributed by atoms with Crippen molar-refractivity contribution in [2.45, 2.75) is 12.8 Å². The zero-order chi connectivity index (χ0) is 16.4. The molecule has 0 aromatic carbocycles. The monoisotopic (exact) mass is 323 g/mol. The van der Waals surface area contributed by atoms with Gasteiger partial charge < -0.3 is 14.2 Å². The first kappa shape index (κ1) is 14.9. The van der Waals surface area contributed by atoms with Crippen molar-refractivity contribution >= 4 is 16.9 Å². The molecule has 1 unspecified atom stereocenters. The highest BCUT2D eigenvalue weighted by atomic mass is 16.5. The maximum atomic E-state index is 5.85. The SMILES string of the molecule is Cn1ccc2c(N3CCCC(COc4ccccn4)C3)ncnc21. The number of fused-ring (bicyclic) bond motifs is 1. The number of aryl methyl sites for hydroxylation is 1. The molecular weight excluding hydrogens is 302 g/mol. The largest absolute Gasteiger partial charge is 0.477 e. The number of hydrogen-bond donors (Lipinski definition) is 0. The lowest BCUT2D eigenvalue weighted by atomic mass is 9.99. The van der Waals surface area contributed by atoms with E-state index in [0.717, 1.165) is 36.4 Å². The molecule has 3 aromatic heterocycles. The highest BCUT2D eigenvalue weighted by Gasteiger charge is 2.23. The molecule has 24 heavy (non-hydrogen) atoms. The predicted molar refractivity (Wildman–Crippen MR) is 93.2 cm³/mol.